The van der Waals surface area contributed by atoms with Gasteiger partial charge in [-0.25, -0.2) is 17.6 Å². The van der Waals surface area contributed by atoms with Gasteiger partial charge in [0.1, 0.15) is 34.9 Å². The zero-order valence-electron chi connectivity index (χ0n) is 26.2. The molecule has 50 heavy (non-hydrogen) atoms. The molecule has 0 saturated carbocycles. The Hall–Kier alpha value is -6.65. The topological polar surface area (TPSA) is 40.2 Å². The van der Waals surface area contributed by atoms with Gasteiger partial charge in [0.25, 0.3) is 0 Å². The number of nitrogens with zero attached hydrogens (tertiary/aromatic N) is 2. The van der Waals surface area contributed by atoms with Crippen LogP contribution in [-0.4, -0.2) is 0 Å². The van der Waals surface area contributed by atoms with Gasteiger partial charge in [-0.2, -0.15) is 5.26 Å². The Balaban J connectivity index is 1.31. The molecular weight excluding hydrogens is 636 g/mol. The number of rotatable bonds is 6. The Morgan fingerprint density at radius 2 is 0.880 bits per heavy atom. The summed E-state index contributed by atoms with van der Waals surface area (Å²) in [5.41, 5.74) is 7.26. The standard InChI is InChI=1S/C43H24F4N2O/c44-32-16-30(17-33(45)23-32)26-6-1-10-36(20-26)49(37-11-2-7-27(21-37)31-18-34(46)24-35(47)19-31)38-12-3-8-28(22-38)39-13-5-15-41-40-14-4-9-29(25-48)42(40)50-43(39)41/h1-24H. The minimum Gasteiger partial charge on any atom is -0.454 e. The number of fused-ring (bicyclic) bond motifs is 3. The maximum atomic E-state index is 14.3. The van der Waals surface area contributed by atoms with Gasteiger partial charge in [-0.1, -0.05) is 66.7 Å². The van der Waals surface area contributed by atoms with Gasteiger partial charge in [0.05, 0.1) is 5.56 Å². The van der Waals surface area contributed by atoms with Crippen molar-refractivity contribution in [3.63, 3.8) is 0 Å². The van der Waals surface area contributed by atoms with E-state index in [1.165, 1.54) is 24.3 Å². The maximum Gasteiger partial charge on any atom is 0.153 e. The predicted octanol–water partition coefficient (Wildman–Crippen LogP) is 12.5. The molecule has 0 fully saturated rings. The van der Waals surface area contributed by atoms with Crippen LogP contribution in [0.15, 0.2) is 150 Å². The van der Waals surface area contributed by atoms with E-state index in [1.807, 2.05) is 83.8 Å². The van der Waals surface area contributed by atoms with Crippen LogP contribution in [0.4, 0.5) is 34.6 Å². The highest BCUT2D eigenvalue weighted by molar-refractivity contribution is 6.11. The molecule has 0 saturated heterocycles. The predicted molar refractivity (Wildman–Crippen MR) is 189 cm³/mol. The van der Waals surface area contributed by atoms with Crippen molar-refractivity contribution >= 4 is 39.0 Å². The summed E-state index contributed by atoms with van der Waals surface area (Å²) in [4.78, 5) is 1.97. The molecule has 8 rings (SSSR count). The van der Waals surface area contributed by atoms with E-state index in [0.29, 0.717) is 50.4 Å². The van der Waals surface area contributed by atoms with Crippen LogP contribution in [-0.2, 0) is 0 Å². The first-order valence-corrected chi connectivity index (χ1v) is 15.7. The van der Waals surface area contributed by atoms with Gasteiger partial charge < -0.3 is 9.32 Å². The molecule has 0 unspecified atom stereocenters. The maximum absolute atomic E-state index is 14.3. The fourth-order valence-corrected chi connectivity index (χ4v) is 6.49. The molecule has 0 N–H and O–H groups in total. The summed E-state index contributed by atoms with van der Waals surface area (Å²) in [6.07, 6.45) is 0. The minimum atomic E-state index is -0.688. The van der Waals surface area contributed by atoms with Crippen LogP contribution >= 0.6 is 0 Å². The number of hydrogen-bond donors (Lipinski definition) is 0. The van der Waals surface area contributed by atoms with E-state index in [2.05, 4.69) is 6.07 Å². The number of hydrogen-bond acceptors (Lipinski definition) is 3. The van der Waals surface area contributed by atoms with Crippen molar-refractivity contribution in [1.82, 2.24) is 0 Å². The minimum absolute atomic E-state index is 0.371. The number of furan rings is 1. The Labute approximate surface area is 284 Å². The molecule has 0 aliphatic heterocycles. The van der Waals surface area contributed by atoms with Crippen molar-refractivity contribution < 1.29 is 22.0 Å². The number of benzene rings is 7. The monoisotopic (exact) mass is 660 g/mol. The average Bonchev–Trinajstić information content (AvgIpc) is 3.51. The molecule has 0 aliphatic carbocycles. The largest absolute Gasteiger partial charge is 0.454 e. The lowest BCUT2D eigenvalue weighted by molar-refractivity contribution is 0.583. The van der Waals surface area contributed by atoms with E-state index in [9.17, 15) is 22.8 Å². The number of para-hydroxylation sites is 2. The van der Waals surface area contributed by atoms with E-state index < -0.39 is 23.3 Å². The van der Waals surface area contributed by atoms with Crippen molar-refractivity contribution in [3.05, 3.63) is 174 Å². The highest BCUT2D eigenvalue weighted by Gasteiger charge is 2.19. The Morgan fingerprint density at radius 1 is 0.440 bits per heavy atom. The summed E-state index contributed by atoms with van der Waals surface area (Å²) >= 11 is 0. The molecule has 8 aromatic rings. The molecule has 7 aromatic carbocycles. The highest BCUT2D eigenvalue weighted by atomic mass is 19.1. The van der Waals surface area contributed by atoms with E-state index in [0.717, 1.165) is 39.7 Å². The number of halogens is 4. The van der Waals surface area contributed by atoms with Crippen LogP contribution in [0, 0.1) is 34.6 Å². The second-order valence-electron chi connectivity index (χ2n) is 11.9. The van der Waals surface area contributed by atoms with Crippen LogP contribution in [0.1, 0.15) is 5.56 Å². The number of nitriles is 1. The molecule has 3 nitrogen and oxygen atoms in total. The first-order chi connectivity index (χ1) is 24.3. The summed E-state index contributed by atoms with van der Waals surface area (Å²) in [7, 11) is 0. The van der Waals surface area contributed by atoms with Crippen LogP contribution in [0.2, 0.25) is 0 Å². The van der Waals surface area contributed by atoms with E-state index in [4.69, 9.17) is 4.42 Å². The van der Waals surface area contributed by atoms with Crippen LogP contribution in [0.3, 0.4) is 0 Å². The smallest absolute Gasteiger partial charge is 0.153 e. The lowest BCUT2D eigenvalue weighted by Crippen LogP contribution is -2.10. The normalized spacial score (nSPS) is 11.2. The van der Waals surface area contributed by atoms with Crippen molar-refractivity contribution in [2.75, 3.05) is 4.90 Å². The second-order valence-corrected chi connectivity index (χ2v) is 11.9. The lowest BCUT2D eigenvalue weighted by Gasteiger charge is -2.27. The van der Waals surface area contributed by atoms with E-state index in [-0.39, 0.29) is 0 Å². The highest BCUT2D eigenvalue weighted by Crippen LogP contribution is 2.42. The van der Waals surface area contributed by atoms with Crippen molar-refractivity contribution in [3.8, 4) is 39.4 Å². The molecular formula is C43H24F4N2O. The molecule has 0 bridgehead atoms. The molecule has 0 aliphatic rings. The van der Waals surface area contributed by atoms with Gasteiger partial charge in [-0.05, 0) is 94.5 Å². The molecule has 1 heterocycles. The molecule has 0 amide bonds. The summed E-state index contributed by atoms with van der Waals surface area (Å²) in [6, 6.07) is 42.7. The van der Waals surface area contributed by atoms with Crippen molar-refractivity contribution in [1.29, 1.82) is 5.26 Å². The van der Waals surface area contributed by atoms with Crippen LogP contribution < -0.4 is 4.90 Å². The Morgan fingerprint density at radius 3 is 1.40 bits per heavy atom. The van der Waals surface area contributed by atoms with Crippen molar-refractivity contribution in [2.45, 2.75) is 0 Å². The average molecular weight is 661 g/mol. The fraction of sp³-hybridized carbons (Fsp3) is 0. The van der Waals surface area contributed by atoms with Gasteiger partial charge in [0.2, 0.25) is 0 Å². The number of anilines is 3. The zero-order chi connectivity index (χ0) is 34.4. The second kappa shape index (κ2) is 12.4. The lowest BCUT2D eigenvalue weighted by atomic mass is 10.00. The molecule has 0 spiro atoms. The van der Waals surface area contributed by atoms with E-state index in [1.54, 1.807) is 30.3 Å². The SMILES string of the molecule is N#Cc1cccc2c1oc1c(-c3cccc(N(c4cccc(-c5cc(F)cc(F)c5)c4)c4cccc(-c5cc(F)cc(F)c5)c4)c3)cccc12. The fourth-order valence-electron chi connectivity index (χ4n) is 6.49. The summed E-state index contributed by atoms with van der Waals surface area (Å²) in [6.45, 7) is 0. The van der Waals surface area contributed by atoms with Crippen molar-refractivity contribution in [2.24, 2.45) is 0 Å². The van der Waals surface area contributed by atoms with E-state index >= 15 is 0 Å². The van der Waals surface area contributed by atoms with Crippen LogP contribution in [0.5, 0.6) is 0 Å². The van der Waals surface area contributed by atoms with Gasteiger partial charge >= 0.3 is 0 Å². The molecule has 240 valence electrons. The van der Waals surface area contributed by atoms with Gasteiger partial charge in [0, 0.05) is 45.5 Å². The van der Waals surface area contributed by atoms with Gasteiger partial charge in [-0.15, -0.1) is 0 Å². The molecule has 0 atom stereocenters. The third-order valence-corrected chi connectivity index (χ3v) is 8.66. The molecule has 0 radical (unpaired) electrons. The third-order valence-electron chi connectivity index (χ3n) is 8.66. The quantitative estimate of drug-likeness (QED) is 0.167. The first kappa shape index (κ1) is 30.7. The first-order valence-electron chi connectivity index (χ1n) is 15.7. The molecule has 1 aromatic heterocycles. The van der Waals surface area contributed by atoms with Gasteiger partial charge in [0.15, 0.2) is 5.58 Å². The summed E-state index contributed by atoms with van der Waals surface area (Å²) < 4.78 is 63.4. The van der Waals surface area contributed by atoms with Crippen LogP contribution in [0.25, 0.3) is 55.3 Å². The summed E-state index contributed by atoms with van der Waals surface area (Å²) in [5.74, 6) is -2.75. The Kier molecular flexibility index (Phi) is 7.62. The zero-order valence-corrected chi connectivity index (χ0v) is 26.2. The Bertz CT molecular complexity index is 2500. The molecule has 7 heteroatoms. The van der Waals surface area contributed by atoms with Gasteiger partial charge in [-0.3, -0.25) is 0 Å². The third kappa shape index (κ3) is 5.63. The summed E-state index contributed by atoms with van der Waals surface area (Å²) in [5, 5.41) is 11.4.